The second kappa shape index (κ2) is 6.08. The van der Waals surface area contributed by atoms with Crippen LogP contribution in [0.15, 0.2) is 18.2 Å². The Labute approximate surface area is 115 Å². The molecule has 0 bridgehead atoms. The van der Waals surface area contributed by atoms with Crippen molar-refractivity contribution in [2.24, 2.45) is 5.41 Å². The molecule has 0 heterocycles. The zero-order valence-electron chi connectivity index (χ0n) is 11.0. The van der Waals surface area contributed by atoms with Gasteiger partial charge in [0.25, 0.3) is 0 Å². The van der Waals surface area contributed by atoms with Crippen LogP contribution in [0.2, 0.25) is 10.0 Å². The first kappa shape index (κ1) is 14.8. The standard InChI is InChI=1S/C14H21Cl2N/c1-10(17-8-7-14(2,3)4)11-5-6-12(15)13(16)9-11/h5-6,9-10,17H,7-8H2,1-4H3. The molecule has 0 saturated heterocycles. The molecule has 0 amide bonds. The molecule has 1 aromatic rings. The van der Waals surface area contributed by atoms with Crippen molar-refractivity contribution in [2.45, 2.75) is 40.2 Å². The van der Waals surface area contributed by atoms with E-state index in [0.717, 1.165) is 13.0 Å². The van der Waals surface area contributed by atoms with Gasteiger partial charge in [0.1, 0.15) is 0 Å². The first-order valence-electron chi connectivity index (χ1n) is 5.98. The first-order chi connectivity index (χ1) is 7.79. The van der Waals surface area contributed by atoms with Gasteiger partial charge in [-0.1, -0.05) is 50.0 Å². The van der Waals surface area contributed by atoms with E-state index in [-0.39, 0.29) is 0 Å². The van der Waals surface area contributed by atoms with Gasteiger partial charge in [0.15, 0.2) is 0 Å². The molecule has 1 unspecified atom stereocenters. The van der Waals surface area contributed by atoms with Crippen molar-refractivity contribution in [1.29, 1.82) is 0 Å². The van der Waals surface area contributed by atoms with E-state index >= 15 is 0 Å². The third kappa shape index (κ3) is 5.29. The average Bonchev–Trinajstić information content (AvgIpc) is 2.20. The van der Waals surface area contributed by atoms with Crippen LogP contribution in [0.25, 0.3) is 0 Å². The van der Waals surface area contributed by atoms with Gasteiger partial charge < -0.3 is 5.32 Å². The molecule has 0 saturated carbocycles. The van der Waals surface area contributed by atoms with Crippen LogP contribution in [0.3, 0.4) is 0 Å². The van der Waals surface area contributed by atoms with E-state index in [1.54, 1.807) is 0 Å². The van der Waals surface area contributed by atoms with Crippen LogP contribution in [-0.4, -0.2) is 6.54 Å². The second-order valence-corrected chi connectivity index (χ2v) is 6.47. The van der Waals surface area contributed by atoms with Crippen molar-refractivity contribution in [1.82, 2.24) is 5.32 Å². The minimum absolute atomic E-state index is 0.298. The molecule has 1 aromatic carbocycles. The highest BCUT2D eigenvalue weighted by Gasteiger charge is 2.11. The first-order valence-corrected chi connectivity index (χ1v) is 6.73. The van der Waals surface area contributed by atoms with Crippen molar-refractivity contribution in [3.8, 4) is 0 Å². The Morgan fingerprint density at radius 2 is 1.82 bits per heavy atom. The summed E-state index contributed by atoms with van der Waals surface area (Å²) in [6.45, 7) is 9.89. The summed E-state index contributed by atoms with van der Waals surface area (Å²) in [5.41, 5.74) is 1.54. The second-order valence-electron chi connectivity index (χ2n) is 5.66. The zero-order chi connectivity index (χ0) is 13.1. The van der Waals surface area contributed by atoms with Gasteiger partial charge in [-0.3, -0.25) is 0 Å². The molecule has 0 radical (unpaired) electrons. The maximum Gasteiger partial charge on any atom is 0.0595 e. The molecular weight excluding hydrogens is 253 g/mol. The highest BCUT2D eigenvalue weighted by molar-refractivity contribution is 6.42. The lowest BCUT2D eigenvalue weighted by Gasteiger charge is -2.21. The number of hydrogen-bond donors (Lipinski definition) is 1. The van der Waals surface area contributed by atoms with Crippen molar-refractivity contribution < 1.29 is 0 Å². The van der Waals surface area contributed by atoms with Crippen LogP contribution in [-0.2, 0) is 0 Å². The predicted octanol–water partition coefficient (Wildman–Crippen LogP) is 5.08. The lowest BCUT2D eigenvalue weighted by molar-refractivity contribution is 0.358. The summed E-state index contributed by atoms with van der Waals surface area (Å²) in [6, 6.07) is 6.09. The van der Waals surface area contributed by atoms with Gasteiger partial charge in [0.2, 0.25) is 0 Å². The van der Waals surface area contributed by atoms with Crippen molar-refractivity contribution >= 4 is 23.2 Å². The largest absolute Gasteiger partial charge is 0.310 e. The topological polar surface area (TPSA) is 12.0 Å². The van der Waals surface area contributed by atoms with Crippen molar-refractivity contribution in [3.63, 3.8) is 0 Å². The van der Waals surface area contributed by atoms with E-state index in [0.29, 0.717) is 21.5 Å². The Morgan fingerprint density at radius 3 is 2.35 bits per heavy atom. The van der Waals surface area contributed by atoms with E-state index < -0.39 is 0 Å². The molecule has 3 heteroatoms. The minimum Gasteiger partial charge on any atom is -0.310 e. The molecular formula is C14H21Cl2N. The molecule has 0 aliphatic heterocycles. The molecule has 1 rings (SSSR count). The van der Waals surface area contributed by atoms with Gasteiger partial charge in [-0.05, 0) is 43.0 Å². The summed E-state index contributed by atoms with van der Waals surface area (Å²) in [5.74, 6) is 0. The number of benzene rings is 1. The Hall–Kier alpha value is -0.240. The smallest absolute Gasteiger partial charge is 0.0595 e. The summed E-state index contributed by atoms with van der Waals surface area (Å²) in [5, 5.41) is 4.73. The van der Waals surface area contributed by atoms with Gasteiger partial charge in [-0.2, -0.15) is 0 Å². The van der Waals surface area contributed by atoms with Gasteiger partial charge in [0, 0.05) is 6.04 Å². The van der Waals surface area contributed by atoms with E-state index in [1.165, 1.54) is 5.56 Å². The molecule has 1 nitrogen and oxygen atoms in total. The predicted molar refractivity (Wildman–Crippen MR) is 77.0 cm³/mol. The van der Waals surface area contributed by atoms with Crippen molar-refractivity contribution in [2.75, 3.05) is 6.54 Å². The SMILES string of the molecule is CC(NCCC(C)(C)C)c1ccc(Cl)c(Cl)c1. The monoisotopic (exact) mass is 273 g/mol. The quantitative estimate of drug-likeness (QED) is 0.807. The van der Waals surface area contributed by atoms with Gasteiger partial charge in [-0.15, -0.1) is 0 Å². The molecule has 1 atom stereocenters. The normalized spacial score (nSPS) is 13.8. The summed E-state index contributed by atoms with van der Waals surface area (Å²) in [7, 11) is 0. The summed E-state index contributed by atoms with van der Waals surface area (Å²) < 4.78 is 0. The number of hydrogen-bond acceptors (Lipinski definition) is 1. The highest BCUT2D eigenvalue weighted by Crippen LogP contribution is 2.25. The molecule has 96 valence electrons. The third-order valence-corrected chi connectivity index (χ3v) is 3.51. The Kier molecular flexibility index (Phi) is 5.30. The molecule has 0 aromatic heterocycles. The Morgan fingerprint density at radius 1 is 1.18 bits per heavy atom. The minimum atomic E-state index is 0.298. The fourth-order valence-corrected chi connectivity index (χ4v) is 1.87. The molecule has 0 aliphatic carbocycles. The molecule has 0 spiro atoms. The lowest BCUT2D eigenvalue weighted by Crippen LogP contribution is -2.23. The Balaban J connectivity index is 2.52. The number of rotatable bonds is 4. The van der Waals surface area contributed by atoms with E-state index in [1.807, 2.05) is 18.2 Å². The number of halogens is 2. The fraction of sp³-hybridized carbons (Fsp3) is 0.571. The molecule has 1 N–H and O–H groups in total. The number of nitrogens with one attached hydrogen (secondary N) is 1. The summed E-state index contributed by atoms with van der Waals surface area (Å²) in [6.07, 6.45) is 1.15. The van der Waals surface area contributed by atoms with Crippen LogP contribution in [0, 0.1) is 5.41 Å². The van der Waals surface area contributed by atoms with Crippen LogP contribution in [0.1, 0.15) is 45.7 Å². The van der Waals surface area contributed by atoms with Gasteiger partial charge in [0.05, 0.1) is 10.0 Å². The van der Waals surface area contributed by atoms with E-state index in [2.05, 4.69) is 33.0 Å². The molecule has 0 aliphatic rings. The maximum absolute atomic E-state index is 6.00. The highest BCUT2D eigenvalue weighted by atomic mass is 35.5. The van der Waals surface area contributed by atoms with Crippen LogP contribution >= 0.6 is 23.2 Å². The van der Waals surface area contributed by atoms with Crippen molar-refractivity contribution in [3.05, 3.63) is 33.8 Å². The lowest BCUT2D eigenvalue weighted by atomic mass is 9.92. The Bertz CT molecular complexity index is 369. The molecule has 17 heavy (non-hydrogen) atoms. The maximum atomic E-state index is 6.00. The van der Waals surface area contributed by atoms with E-state index in [4.69, 9.17) is 23.2 Å². The van der Waals surface area contributed by atoms with Gasteiger partial charge >= 0.3 is 0 Å². The van der Waals surface area contributed by atoms with Gasteiger partial charge in [-0.25, -0.2) is 0 Å². The zero-order valence-corrected chi connectivity index (χ0v) is 12.5. The van der Waals surface area contributed by atoms with Crippen LogP contribution < -0.4 is 5.32 Å². The molecule has 0 fully saturated rings. The summed E-state index contributed by atoms with van der Waals surface area (Å²) in [4.78, 5) is 0. The summed E-state index contributed by atoms with van der Waals surface area (Å²) >= 11 is 11.9. The fourth-order valence-electron chi connectivity index (χ4n) is 1.56. The third-order valence-electron chi connectivity index (χ3n) is 2.77. The van der Waals surface area contributed by atoms with Crippen LogP contribution in [0.4, 0.5) is 0 Å². The van der Waals surface area contributed by atoms with Crippen LogP contribution in [0.5, 0.6) is 0 Å². The van der Waals surface area contributed by atoms with E-state index in [9.17, 15) is 0 Å². The average molecular weight is 274 g/mol.